The van der Waals surface area contributed by atoms with E-state index in [2.05, 4.69) is 30.1 Å². The van der Waals surface area contributed by atoms with Gasteiger partial charge in [0.05, 0.1) is 20.3 Å². The lowest BCUT2D eigenvalue weighted by Crippen LogP contribution is -2.51. The molecule has 0 unspecified atom stereocenters. The van der Waals surface area contributed by atoms with Gasteiger partial charge in [-0.2, -0.15) is 0 Å². The van der Waals surface area contributed by atoms with Crippen LogP contribution in [0.2, 0.25) is 0 Å². The Bertz CT molecular complexity index is 909. The Morgan fingerprint density at radius 2 is 1.80 bits per heavy atom. The first-order valence-electron chi connectivity index (χ1n) is 15.2. The fourth-order valence-electron chi connectivity index (χ4n) is 5.21. The molecule has 0 bridgehead atoms. The Labute approximate surface area is 246 Å². The van der Waals surface area contributed by atoms with Crippen LogP contribution in [0.3, 0.4) is 0 Å². The maximum absolute atomic E-state index is 13.1. The molecule has 1 aromatic rings. The Hall–Kier alpha value is -2.40. The fraction of sp³-hybridized carbons (Fsp3) is 0.742. The molecule has 0 saturated carbocycles. The van der Waals surface area contributed by atoms with Crippen molar-refractivity contribution in [1.29, 1.82) is 0 Å². The van der Waals surface area contributed by atoms with Crippen molar-refractivity contribution < 1.29 is 28.5 Å². The lowest BCUT2D eigenvalue weighted by atomic mass is 9.83. The molecule has 10 heteroatoms. The molecule has 1 saturated heterocycles. The third-order valence-electron chi connectivity index (χ3n) is 7.84. The SMILES string of the molecule is CC[C@H](NC(=O)CN)C(=O)O[C@@H](CN1CCCCC1)[C@@H](N)C[C@H](Cc1ccc(OC)c(OCCCOC)c1)C(C)C. The van der Waals surface area contributed by atoms with Crippen molar-refractivity contribution in [3.05, 3.63) is 23.8 Å². The number of benzene rings is 1. The molecule has 0 aliphatic carbocycles. The van der Waals surface area contributed by atoms with E-state index in [1.165, 1.54) is 6.42 Å². The largest absolute Gasteiger partial charge is 0.493 e. The second-order valence-corrected chi connectivity index (χ2v) is 11.4. The van der Waals surface area contributed by atoms with E-state index in [9.17, 15) is 9.59 Å². The molecule has 1 aromatic carbocycles. The first-order valence-corrected chi connectivity index (χ1v) is 15.2. The number of carbonyl (C=O) groups excluding carboxylic acids is 2. The molecular weight excluding hydrogens is 524 g/mol. The third kappa shape index (κ3) is 12.2. The zero-order valence-electron chi connectivity index (χ0n) is 25.9. The number of amides is 1. The van der Waals surface area contributed by atoms with Crippen LogP contribution in [0.1, 0.15) is 64.9 Å². The Morgan fingerprint density at radius 1 is 1.07 bits per heavy atom. The normalized spacial score (nSPS) is 17.0. The minimum absolute atomic E-state index is 0.179. The number of rotatable bonds is 19. The van der Waals surface area contributed by atoms with Crippen LogP contribution in [0.4, 0.5) is 0 Å². The molecule has 0 aromatic heterocycles. The Morgan fingerprint density at radius 3 is 2.41 bits per heavy atom. The van der Waals surface area contributed by atoms with Crippen molar-refractivity contribution in [2.45, 2.75) is 83.9 Å². The summed E-state index contributed by atoms with van der Waals surface area (Å²) in [6, 6.07) is 4.95. The fourth-order valence-corrected chi connectivity index (χ4v) is 5.21. The predicted octanol–water partition coefficient (Wildman–Crippen LogP) is 2.89. The van der Waals surface area contributed by atoms with Gasteiger partial charge in [0.1, 0.15) is 12.1 Å². The van der Waals surface area contributed by atoms with Crippen molar-refractivity contribution in [2.75, 3.05) is 53.6 Å². The summed E-state index contributed by atoms with van der Waals surface area (Å²) < 4.78 is 22.7. The van der Waals surface area contributed by atoms with E-state index < -0.39 is 18.1 Å². The van der Waals surface area contributed by atoms with Crippen LogP contribution in [-0.2, 0) is 25.5 Å². The highest BCUT2D eigenvalue weighted by Gasteiger charge is 2.31. The Kier molecular flexibility index (Phi) is 16.1. The molecule has 1 heterocycles. The van der Waals surface area contributed by atoms with E-state index in [1.807, 2.05) is 19.1 Å². The van der Waals surface area contributed by atoms with E-state index in [1.54, 1.807) is 14.2 Å². The smallest absolute Gasteiger partial charge is 0.329 e. The number of nitrogens with two attached hydrogens (primary N) is 2. The maximum Gasteiger partial charge on any atom is 0.329 e. The van der Waals surface area contributed by atoms with Crippen LogP contribution in [0.15, 0.2) is 18.2 Å². The molecule has 4 atom stereocenters. The number of ether oxygens (including phenoxy) is 4. The number of carbonyl (C=O) groups is 2. The number of esters is 1. The molecule has 2 rings (SSSR count). The average molecular weight is 579 g/mol. The average Bonchev–Trinajstić information content (AvgIpc) is 2.97. The van der Waals surface area contributed by atoms with Crippen molar-refractivity contribution in [1.82, 2.24) is 10.2 Å². The Balaban J connectivity index is 2.17. The van der Waals surface area contributed by atoms with Crippen molar-refractivity contribution >= 4 is 11.9 Å². The minimum Gasteiger partial charge on any atom is -0.493 e. The third-order valence-corrected chi connectivity index (χ3v) is 7.84. The molecule has 1 fully saturated rings. The van der Waals surface area contributed by atoms with Gasteiger partial charge >= 0.3 is 5.97 Å². The van der Waals surface area contributed by atoms with Crippen molar-refractivity contribution in [3.63, 3.8) is 0 Å². The van der Waals surface area contributed by atoms with E-state index in [0.717, 1.165) is 50.1 Å². The van der Waals surface area contributed by atoms with Crippen LogP contribution < -0.4 is 26.3 Å². The van der Waals surface area contributed by atoms with Gasteiger partial charge in [-0.05, 0) is 74.7 Å². The van der Waals surface area contributed by atoms with E-state index >= 15 is 0 Å². The standard InChI is InChI=1S/C31H54N4O6/c1-6-26(34-30(36)20-32)31(37)41-29(21-35-13-8-7-9-14-35)25(33)19-24(22(2)3)17-23-11-12-27(39-5)28(18-23)40-16-10-15-38-4/h11-12,18,22,24-26,29H,6-10,13-17,19-21,32-33H2,1-5H3,(H,34,36)/t24-,25-,26-,29-/m0/s1. The maximum atomic E-state index is 13.1. The van der Waals surface area contributed by atoms with Gasteiger partial charge in [0, 0.05) is 32.7 Å². The molecule has 1 aliphatic rings. The zero-order valence-corrected chi connectivity index (χ0v) is 25.9. The van der Waals surface area contributed by atoms with Gasteiger partial charge in [-0.15, -0.1) is 0 Å². The van der Waals surface area contributed by atoms with Crippen LogP contribution in [0.5, 0.6) is 11.5 Å². The summed E-state index contributed by atoms with van der Waals surface area (Å²) in [6.07, 6.45) is 5.68. The lowest BCUT2D eigenvalue weighted by molar-refractivity contribution is -0.155. The summed E-state index contributed by atoms with van der Waals surface area (Å²) in [4.78, 5) is 27.3. The van der Waals surface area contributed by atoms with Gasteiger partial charge in [-0.25, -0.2) is 4.79 Å². The second-order valence-electron chi connectivity index (χ2n) is 11.4. The number of nitrogens with one attached hydrogen (secondary N) is 1. The van der Waals surface area contributed by atoms with Crippen molar-refractivity contribution in [3.8, 4) is 11.5 Å². The number of hydrogen-bond donors (Lipinski definition) is 3. The van der Waals surface area contributed by atoms with Gasteiger partial charge < -0.3 is 35.7 Å². The number of piperidine rings is 1. The number of hydrogen-bond acceptors (Lipinski definition) is 9. The highest BCUT2D eigenvalue weighted by atomic mass is 16.5. The minimum atomic E-state index is -0.746. The molecular formula is C31H54N4O6. The number of nitrogens with zero attached hydrogens (tertiary/aromatic N) is 1. The van der Waals surface area contributed by atoms with Gasteiger partial charge in [-0.1, -0.05) is 33.3 Å². The number of methoxy groups -OCH3 is 2. The van der Waals surface area contributed by atoms with Crippen LogP contribution in [0.25, 0.3) is 0 Å². The van der Waals surface area contributed by atoms with Crippen LogP contribution >= 0.6 is 0 Å². The summed E-state index contributed by atoms with van der Waals surface area (Å²) in [5, 5.41) is 2.67. The molecule has 0 spiro atoms. The molecule has 1 aliphatic heterocycles. The van der Waals surface area contributed by atoms with E-state index in [4.69, 9.17) is 30.4 Å². The molecule has 41 heavy (non-hydrogen) atoms. The summed E-state index contributed by atoms with van der Waals surface area (Å²) in [5.74, 6) is 1.18. The first kappa shape index (κ1) is 34.8. The topological polar surface area (TPSA) is 138 Å². The molecule has 0 radical (unpaired) electrons. The molecule has 5 N–H and O–H groups in total. The molecule has 1 amide bonds. The van der Waals surface area contributed by atoms with Gasteiger partial charge in [0.15, 0.2) is 11.5 Å². The van der Waals surface area contributed by atoms with Crippen LogP contribution in [0, 0.1) is 11.8 Å². The highest BCUT2D eigenvalue weighted by Crippen LogP contribution is 2.31. The summed E-state index contributed by atoms with van der Waals surface area (Å²) >= 11 is 0. The van der Waals surface area contributed by atoms with Crippen molar-refractivity contribution in [2.24, 2.45) is 23.3 Å². The van der Waals surface area contributed by atoms with Crippen LogP contribution in [-0.4, -0.2) is 88.6 Å². The monoisotopic (exact) mass is 578 g/mol. The molecule has 234 valence electrons. The van der Waals surface area contributed by atoms with Gasteiger partial charge in [-0.3, -0.25) is 9.69 Å². The first-order chi connectivity index (χ1) is 19.7. The van der Waals surface area contributed by atoms with Gasteiger partial charge in [0.25, 0.3) is 0 Å². The molecule has 10 nitrogen and oxygen atoms in total. The van der Waals surface area contributed by atoms with Gasteiger partial charge in [0.2, 0.25) is 5.91 Å². The number of likely N-dealkylation sites (tertiary alicyclic amines) is 1. The van der Waals surface area contributed by atoms with E-state index in [-0.39, 0.29) is 24.4 Å². The second kappa shape index (κ2) is 18.9. The highest BCUT2D eigenvalue weighted by molar-refractivity contribution is 5.85. The van der Waals surface area contributed by atoms with E-state index in [0.29, 0.717) is 44.3 Å². The summed E-state index contributed by atoms with van der Waals surface area (Å²) in [6.45, 7) is 9.75. The predicted molar refractivity (Wildman–Crippen MR) is 161 cm³/mol. The summed E-state index contributed by atoms with van der Waals surface area (Å²) in [5.41, 5.74) is 13.4. The zero-order chi connectivity index (χ0) is 30.2. The summed E-state index contributed by atoms with van der Waals surface area (Å²) in [7, 11) is 3.32. The quantitative estimate of drug-likeness (QED) is 0.167. The lowest BCUT2D eigenvalue weighted by Gasteiger charge is -2.35.